The third kappa shape index (κ3) is 6.56. The number of anilines is 1. The first-order valence-electron chi connectivity index (χ1n) is 17.7. The maximum Gasteiger partial charge on any atom is 0.151 e. The number of rotatable bonds is 12. The molecule has 2 aliphatic rings. The van der Waals surface area contributed by atoms with E-state index in [1.165, 1.54) is 5.56 Å². The molecule has 3 aromatic heterocycles. The van der Waals surface area contributed by atoms with Crippen LogP contribution in [0.2, 0.25) is 0 Å². The van der Waals surface area contributed by atoms with Crippen molar-refractivity contribution in [3.8, 4) is 17.2 Å². The molecule has 0 saturated heterocycles. The summed E-state index contributed by atoms with van der Waals surface area (Å²) in [6.45, 7) is 9.04. The van der Waals surface area contributed by atoms with E-state index in [9.17, 15) is 0 Å². The lowest BCUT2D eigenvalue weighted by Crippen LogP contribution is -2.32. The van der Waals surface area contributed by atoms with Gasteiger partial charge in [-0.1, -0.05) is 42.5 Å². The molecule has 1 unspecified atom stereocenters. The number of hydrogen-bond donors (Lipinski definition) is 0. The second-order valence-corrected chi connectivity index (χ2v) is 12.9. The van der Waals surface area contributed by atoms with Gasteiger partial charge in [0.15, 0.2) is 5.60 Å². The molecule has 0 radical (unpaired) electrons. The van der Waals surface area contributed by atoms with Crippen molar-refractivity contribution in [1.82, 2.24) is 19.9 Å². The lowest BCUT2D eigenvalue weighted by Gasteiger charge is -2.38. The summed E-state index contributed by atoms with van der Waals surface area (Å²) in [5, 5.41) is 0. The van der Waals surface area contributed by atoms with Crippen LogP contribution in [-0.4, -0.2) is 32.9 Å². The monoisotopic (exact) mass is 675 g/mol. The molecular formula is C43H41N5O3. The maximum atomic E-state index is 6.79. The van der Waals surface area contributed by atoms with E-state index in [2.05, 4.69) is 88.2 Å². The zero-order valence-corrected chi connectivity index (χ0v) is 29.0. The van der Waals surface area contributed by atoms with Gasteiger partial charge < -0.3 is 19.1 Å². The van der Waals surface area contributed by atoms with E-state index >= 15 is 0 Å². The van der Waals surface area contributed by atoms with Crippen LogP contribution in [0.5, 0.6) is 17.2 Å². The molecule has 256 valence electrons. The summed E-state index contributed by atoms with van der Waals surface area (Å²) in [6, 6.07) is 39.2. The molecule has 3 aromatic carbocycles. The fourth-order valence-electron chi connectivity index (χ4n) is 7.30. The molecule has 0 aliphatic carbocycles. The Hall–Kier alpha value is -5.57. The van der Waals surface area contributed by atoms with E-state index < -0.39 is 5.60 Å². The predicted molar refractivity (Wildman–Crippen MR) is 198 cm³/mol. The Morgan fingerprint density at radius 1 is 0.647 bits per heavy atom. The van der Waals surface area contributed by atoms with Gasteiger partial charge in [0.05, 0.1) is 29.4 Å². The predicted octanol–water partition coefficient (Wildman–Crippen LogP) is 8.43. The zero-order valence-electron chi connectivity index (χ0n) is 29.0. The molecule has 0 saturated carbocycles. The minimum atomic E-state index is -0.758. The number of aromatic nitrogens is 3. The molecule has 0 N–H and O–H groups in total. The van der Waals surface area contributed by atoms with Gasteiger partial charge in [0.2, 0.25) is 0 Å². The highest BCUT2D eigenvalue weighted by molar-refractivity contribution is 5.67. The van der Waals surface area contributed by atoms with E-state index in [0.29, 0.717) is 38.6 Å². The van der Waals surface area contributed by atoms with Gasteiger partial charge in [-0.25, -0.2) is 0 Å². The summed E-state index contributed by atoms with van der Waals surface area (Å²) in [7, 11) is 0. The van der Waals surface area contributed by atoms with Crippen molar-refractivity contribution >= 4 is 5.69 Å². The first-order valence-corrected chi connectivity index (χ1v) is 17.7. The van der Waals surface area contributed by atoms with Crippen LogP contribution in [0, 0.1) is 0 Å². The molecule has 8 heteroatoms. The Balaban J connectivity index is 1.04. The average Bonchev–Trinajstić information content (AvgIpc) is 3.55. The molecule has 8 rings (SSSR count). The normalized spacial score (nSPS) is 15.6. The highest BCUT2D eigenvalue weighted by Crippen LogP contribution is 2.57. The Morgan fingerprint density at radius 2 is 1.29 bits per heavy atom. The lowest BCUT2D eigenvalue weighted by atomic mass is 9.77. The quantitative estimate of drug-likeness (QED) is 0.128. The minimum Gasteiger partial charge on any atom is -0.487 e. The topological polar surface area (TPSA) is 72.8 Å². The summed E-state index contributed by atoms with van der Waals surface area (Å²) < 4.78 is 19.9. The van der Waals surface area contributed by atoms with Gasteiger partial charge >= 0.3 is 0 Å². The molecule has 8 nitrogen and oxygen atoms in total. The summed E-state index contributed by atoms with van der Waals surface area (Å²) in [5.41, 5.74) is 8.51. The summed E-state index contributed by atoms with van der Waals surface area (Å²) in [6.07, 6.45) is 3.66. The summed E-state index contributed by atoms with van der Waals surface area (Å²) in [4.78, 5) is 18.7. The molecule has 5 heterocycles. The number of nitrogens with zero attached hydrogens (tertiary/aromatic N) is 5. The number of benzene rings is 3. The van der Waals surface area contributed by atoms with Crippen molar-refractivity contribution in [1.29, 1.82) is 0 Å². The molecule has 1 spiro atoms. The van der Waals surface area contributed by atoms with Crippen LogP contribution >= 0.6 is 0 Å². The van der Waals surface area contributed by atoms with Crippen molar-refractivity contribution in [2.24, 2.45) is 0 Å². The number of pyridine rings is 3. The van der Waals surface area contributed by atoms with E-state index in [0.717, 1.165) is 69.7 Å². The van der Waals surface area contributed by atoms with Crippen molar-refractivity contribution in [2.75, 3.05) is 18.0 Å². The third-order valence-corrected chi connectivity index (χ3v) is 9.73. The fraction of sp³-hybridized carbons (Fsp3) is 0.233. The third-order valence-electron chi connectivity index (χ3n) is 9.73. The van der Waals surface area contributed by atoms with Crippen LogP contribution < -0.4 is 14.4 Å². The summed E-state index contributed by atoms with van der Waals surface area (Å²) in [5.74, 6) is 2.24. The van der Waals surface area contributed by atoms with Crippen LogP contribution in [0.3, 0.4) is 0 Å². The maximum absolute atomic E-state index is 6.79. The Bertz CT molecular complexity index is 2080. The average molecular weight is 676 g/mol. The van der Waals surface area contributed by atoms with Gasteiger partial charge in [-0.05, 0) is 85.6 Å². The molecule has 51 heavy (non-hydrogen) atoms. The number of ether oxygens (including phenoxy) is 3. The summed E-state index contributed by atoms with van der Waals surface area (Å²) >= 11 is 0. The van der Waals surface area contributed by atoms with Crippen molar-refractivity contribution in [2.45, 2.75) is 52.3 Å². The Labute approximate surface area is 299 Å². The van der Waals surface area contributed by atoms with E-state index in [1.807, 2.05) is 73.1 Å². The van der Waals surface area contributed by atoms with Gasteiger partial charge in [-0.15, -0.1) is 0 Å². The SMILES string of the molecule is CCN(CC)c1ccc2c(c1)Oc1cc(OCc3cccc(CN(Cc4ccccn4)Cc4ccccn4)n3)ccc1C21OCc2ccccc21. The van der Waals surface area contributed by atoms with Crippen molar-refractivity contribution in [3.63, 3.8) is 0 Å². The van der Waals surface area contributed by atoms with Crippen molar-refractivity contribution in [3.05, 3.63) is 173 Å². The molecule has 0 fully saturated rings. The van der Waals surface area contributed by atoms with E-state index in [1.54, 1.807) is 0 Å². The fourth-order valence-corrected chi connectivity index (χ4v) is 7.30. The van der Waals surface area contributed by atoms with E-state index in [-0.39, 0.29) is 0 Å². The molecule has 0 amide bonds. The first-order chi connectivity index (χ1) is 25.1. The molecule has 2 aliphatic heterocycles. The van der Waals surface area contributed by atoms with Gasteiger partial charge in [0.1, 0.15) is 23.9 Å². The lowest BCUT2D eigenvalue weighted by molar-refractivity contribution is 0.0199. The van der Waals surface area contributed by atoms with E-state index in [4.69, 9.17) is 19.2 Å². The highest BCUT2D eigenvalue weighted by Gasteiger charge is 2.49. The van der Waals surface area contributed by atoms with Crippen LogP contribution in [0.4, 0.5) is 5.69 Å². The first kappa shape index (κ1) is 32.6. The van der Waals surface area contributed by atoms with Crippen molar-refractivity contribution < 1.29 is 14.2 Å². The zero-order chi connectivity index (χ0) is 34.6. The Morgan fingerprint density at radius 3 is 2.02 bits per heavy atom. The van der Waals surface area contributed by atoms with Crippen LogP contribution in [-0.2, 0) is 43.2 Å². The van der Waals surface area contributed by atoms with Gasteiger partial charge in [-0.3, -0.25) is 19.9 Å². The minimum absolute atomic E-state index is 0.320. The molecule has 0 bridgehead atoms. The molecule has 1 atom stereocenters. The van der Waals surface area contributed by atoms with Crippen LogP contribution in [0.25, 0.3) is 0 Å². The van der Waals surface area contributed by atoms with Gasteiger partial charge in [0, 0.05) is 74.1 Å². The number of fused-ring (bicyclic) bond motifs is 6. The Kier molecular flexibility index (Phi) is 9.18. The largest absolute Gasteiger partial charge is 0.487 e. The van der Waals surface area contributed by atoms with Gasteiger partial charge in [0.25, 0.3) is 0 Å². The van der Waals surface area contributed by atoms with Crippen LogP contribution in [0.1, 0.15) is 58.9 Å². The smallest absolute Gasteiger partial charge is 0.151 e. The second-order valence-electron chi connectivity index (χ2n) is 12.9. The number of hydrogen-bond acceptors (Lipinski definition) is 8. The second kappa shape index (κ2) is 14.3. The standard InChI is InChI=1S/C43H41N5O3/c1-3-48(4-2)36-18-20-39-41(24-36)51-42-25-37(19-21-40(42)43(39)38-17-6-5-12-31(38)29-50-43)49-30-35-16-11-15-34(46-35)28-47(26-32-13-7-9-22-44-32)27-33-14-8-10-23-45-33/h5-25H,3-4,26-30H2,1-2H3. The highest BCUT2D eigenvalue weighted by atomic mass is 16.5. The van der Waals surface area contributed by atoms with Crippen LogP contribution in [0.15, 0.2) is 128 Å². The van der Waals surface area contributed by atoms with Gasteiger partial charge in [-0.2, -0.15) is 0 Å². The molecule has 6 aromatic rings. The molecular weight excluding hydrogens is 635 g/mol.